The Morgan fingerprint density at radius 1 is 1.25 bits per heavy atom. The third kappa shape index (κ3) is 5.40. The van der Waals surface area contributed by atoms with Gasteiger partial charge < -0.3 is 14.6 Å². The van der Waals surface area contributed by atoms with Gasteiger partial charge in [0.1, 0.15) is 11.5 Å². The molecule has 0 saturated carbocycles. The molecule has 1 aliphatic rings. The quantitative estimate of drug-likeness (QED) is 0.298. The molecular weight excluding hydrogens is 706 g/mol. The summed E-state index contributed by atoms with van der Waals surface area (Å²) in [7, 11) is 0. The number of esters is 1. The first-order valence-electron chi connectivity index (χ1n) is 11.2. The number of benzene rings is 2. The first-order valence-corrected chi connectivity index (χ1v) is 14.2. The minimum atomic E-state index is -0.708. The molecule has 1 atom stereocenters. The number of hydrogen-bond donors (Lipinski definition) is 1. The maximum absolute atomic E-state index is 13.7. The highest BCUT2D eigenvalue weighted by Gasteiger charge is 2.33. The molecule has 36 heavy (non-hydrogen) atoms. The topological polar surface area (TPSA) is 90.1 Å². The molecule has 2 aromatic carbocycles. The van der Waals surface area contributed by atoms with Crippen LogP contribution >= 0.6 is 56.5 Å². The highest BCUT2D eigenvalue weighted by atomic mass is 127. The Labute approximate surface area is 239 Å². The number of rotatable bonds is 6. The molecule has 0 unspecified atom stereocenters. The van der Waals surface area contributed by atoms with E-state index in [2.05, 4.69) is 50.2 Å². The number of aromatic nitrogens is 1. The van der Waals surface area contributed by atoms with Crippen molar-refractivity contribution in [3.8, 4) is 11.5 Å². The average molecular weight is 730 g/mol. The van der Waals surface area contributed by atoms with Gasteiger partial charge in [0.2, 0.25) is 0 Å². The summed E-state index contributed by atoms with van der Waals surface area (Å²) in [5.74, 6) is 0.302. The molecule has 4 rings (SSSR count). The van der Waals surface area contributed by atoms with E-state index in [1.165, 1.54) is 15.9 Å². The van der Waals surface area contributed by atoms with Gasteiger partial charge in [-0.2, -0.15) is 0 Å². The summed E-state index contributed by atoms with van der Waals surface area (Å²) in [6.45, 7) is 7.59. The van der Waals surface area contributed by atoms with Gasteiger partial charge >= 0.3 is 5.97 Å². The second kappa shape index (κ2) is 11.1. The summed E-state index contributed by atoms with van der Waals surface area (Å²) in [6, 6.07) is 10.3. The van der Waals surface area contributed by atoms with Crippen LogP contribution < -0.4 is 19.6 Å². The van der Waals surface area contributed by atoms with E-state index < -0.39 is 12.0 Å². The molecule has 7 nitrogen and oxygen atoms in total. The van der Waals surface area contributed by atoms with Crippen LogP contribution in [0.25, 0.3) is 6.08 Å². The zero-order valence-corrected chi connectivity index (χ0v) is 25.2. The van der Waals surface area contributed by atoms with Crippen LogP contribution in [0.3, 0.4) is 0 Å². The Morgan fingerprint density at radius 3 is 2.58 bits per heavy atom. The largest absolute Gasteiger partial charge is 0.506 e. The van der Waals surface area contributed by atoms with Crippen LogP contribution in [0.1, 0.15) is 44.9 Å². The number of phenols is 1. The molecule has 1 aromatic heterocycles. The van der Waals surface area contributed by atoms with Crippen molar-refractivity contribution >= 4 is 68.6 Å². The number of halogens is 2. The first-order chi connectivity index (χ1) is 17.1. The lowest BCUT2D eigenvalue weighted by molar-refractivity contribution is -0.139. The lowest BCUT2D eigenvalue weighted by atomic mass is 9.96. The fraction of sp³-hybridized carbons (Fsp3) is 0.269. The Kier molecular flexibility index (Phi) is 8.25. The maximum atomic E-state index is 13.7. The van der Waals surface area contributed by atoms with Crippen molar-refractivity contribution in [3.63, 3.8) is 0 Å². The van der Waals surface area contributed by atoms with Crippen molar-refractivity contribution < 1.29 is 19.4 Å². The van der Waals surface area contributed by atoms with Crippen LogP contribution in [-0.2, 0) is 9.53 Å². The van der Waals surface area contributed by atoms with Crippen molar-refractivity contribution in [1.29, 1.82) is 0 Å². The van der Waals surface area contributed by atoms with E-state index >= 15 is 0 Å². The van der Waals surface area contributed by atoms with Gasteiger partial charge in [0.25, 0.3) is 5.56 Å². The number of fused-ring (bicyclic) bond motifs is 1. The number of phenolic OH excluding ortho intramolecular Hbond substituents is 1. The highest BCUT2D eigenvalue weighted by Crippen LogP contribution is 2.32. The summed E-state index contributed by atoms with van der Waals surface area (Å²) in [5, 5.41) is 10.6. The molecule has 1 aliphatic heterocycles. The van der Waals surface area contributed by atoms with E-state index in [0.717, 1.165) is 9.13 Å². The molecule has 0 saturated heterocycles. The number of nitrogens with zero attached hydrogens (tertiary/aromatic N) is 2. The van der Waals surface area contributed by atoms with Gasteiger partial charge in [-0.1, -0.05) is 23.5 Å². The van der Waals surface area contributed by atoms with Crippen LogP contribution in [0.5, 0.6) is 11.5 Å². The zero-order valence-electron chi connectivity index (χ0n) is 20.0. The number of thiazole rings is 1. The molecule has 1 N–H and O–H groups in total. The minimum absolute atomic E-state index is 0.0197. The summed E-state index contributed by atoms with van der Waals surface area (Å²) in [4.78, 5) is 31.8. The number of ether oxygens (including phenoxy) is 2. The second-order valence-electron chi connectivity index (χ2n) is 8.36. The number of aromatic hydroxyl groups is 1. The molecule has 0 bridgehead atoms. The number of hydrogen-bond acceptors (Lipinski definition) is 7. The van der Waals surface area contributed by atoms with E-state index in [-0.39, 0.29) is 24.0 Å². The predicted octanol–water partition coefficient (Wildman–Crippen LogP) is 4.50. The van der Waals surface area contributed by atoms with E-state index in [1.807, 2.05) is 50.2 Å². The predicted molar refractivity (Wildman–Crippen MR) is 156 cm³/mol. The monoisotopic (exact) mass is 730 g/mol. The summed E-state index contributed by atoms with van der Waals surface area (Å²) in [6.07, 6.45) is 1.69. The molecule has 2 heterocycles. The molecule has 3 aromatic rings. The molecule has 0 aliphatic carbocycles. The smallest absolute Gasteiger partial charge is 0.338 e. The highest BCUT2D eigenvalue weighted by molar-refractivity contribution is 14.1. The van der Waals surface area contributed by atoms with Crippen LogP contribution in [0.2, 0.25) is 0 Å². The first kappa shape index (κ1) is 26.9. The Hall–Kier alpha value is -2.19. The SMILES string of the molecule is CCOC(=O)C1=C(C)N=c2s/c(=C\c3cc(I)cc(I)c3O)c(=O)n2[C@H]1c1ccc(OC(C)C)cc1. The Bertz CT molecular complexity index is 1540. The fourth-order valence-electron chi connectivity index (χ4n) is 3.94. The molecule has 0 amide bonds. The van der Waals surface area contributed by atoms with Crippen molar-refractivity contribution in [2.45, 2.75) is 39.8 Å². The van der Waals surface area contributed by atoms with Crippen molar-refractivity contribution in [2.75, 3.05) is 6.61 Å². The van der Waals surface area contributed by atoms with Crippen molar-refractivity contribution in [1.82, 2.24) is 4.57 Å². The third-order valence-electron chi connectivity index (χ3n) is 5.43. The van der Waals surface area contributed by atoms with Gasteiger partial charge in [0.15, 0.2) is 4.80 Å². The van der Waals surface area contributed by atoms with Crippen LogP contribution in [0.15, 0.2) is 57.5 Å². The lowest BCUT2D eigenvalue weighted by Crippen LogP contribution is -2.39. The summed E-state index contributed by atoms with van der Waals surface area (Å²) >= 11 is 5.46. The van der Waals surface area contributed by atoms with Gasteiger partial charge in [-0.05, 0) is 109 Å². The minimum Gasteiger partial charge on any atom is -0.506 e. The summed E-state index contributed by atoms with van der Waals surface area (Å²) in [5.41, 5.74) is 1.81. The average Bonchev–Trinajstić information content (AvgIpc) is 3.11. The van der Waals surface area contributed by atoms with Gasteiger partial charge in [-0.15, -0.1) is 0 Å². The molecule has 188 valence electrons. The van der Waals surface area contributed by atoms with E-state index in [9.17, 15) is 14.7 Å². The van der Waals surface area contributed by atoms with E-state index in [0.29, 0.717) is 35.5 Å². The fourth-order valence-corrected chi connectivity index (χ4v) is 6.87. The van der Waals surface area contributed by atoms with E-state index in [1.54, 1.807) is 19.9 Å². The number of allylic oxidation sites excluding steroid dienone is 1. The number of carbonyl (C=O) groups is 1. The maximum Gasteiger partial charge on any atom is 0.338 e. The molecule has 10 heteroatoms. The molecule has 0 fully saturated rings. The van der Waals surface area contributed by atoms with Gasteiger partial charge in [-0.3, -0.25) is 9.36 Å². The molecular formula is C26H24I2N2O5S. The van der Waals surface area contributed by atoms with Crippen molar-refractivity contribution in [2.24, 2.45) is 4.99 Å². The van der Waals surface area contributed by atoms with Gasteiger partial charge in [0, 0.05) is 9.13 Å². The second-order valence-corrected chi connectivity index (χ2v) is 11.8. The Balaban J connectivity index is 1.93. The standard InChI is InChI=1S/C26H24I2N2O5S/c1-5-34-25(33)21-14(4)29-26-30(22(21)15-6-8-18(9-7-15)35-13(2)3)24(32)20(36-26)11-16-10-17(27)12-19(28)23(16)31/h6-13,22,31H,5H2,1-4H3/b20-11-/t22-/m0/s1. The zero-order chi connectivity index (χ0) is 26.1. The summed E-state index contributed by atoms with van der Waals surface area (Å²) < 4.78 is 14.7. The van der Waals surface area contributed by atoms with Crippen LogP contribution in [0, 0.1) is 7.14 Å². The van der Waals surface area contributed by atoms with Gasteiger partial charge in [-0.25, -0.2) is 9.79 Å². The van der Waals surface area contributed by atoms with Crippen LogP contribution in [-0.4, -0.2) is 28.4 Å². The van der Waals surface area contributed by atoms with Gasteiger partial charge in [0.05, 0.1) is 38.1 Å². The van der Waals surface area contributed by atoms with Crippen molar-refractivity contribution in [3.05, 3.63) is 85.6 Å². The molecule has 0 radical (unpaired) electrons. The lowest BCUT2D eigenvalue weighted by Gasteiger charge is -2.25. The third-order valence-corrected chi connectivity index (χ3v) is 7.86. The van der Waals surface area contributed by atoms with Crippen LogP contribution in [0.4, 0.5) is 0 Å². The number of carbonyl (C=O) groups excluding carboxylic acids is 1. The molecule has 0 spiro atoms. The normalized spacial score (nSPS) is 15.6. The van der Waals surface area contributed by atoms with E-state index in [4.69, 9.17) is 9.47 Å². The Morgan fingerprint density at radius 2 is 1.94 bits per heavy atom.